The maximum Gasteiger partial charge on any atom is 0.243 e. The van der Waals surface area contributed by atoms with Gasteiger partial charge < -0.3 is 31.7 Å². The van der Waals surface area contributed by atoms with Crippen LogP contribution in [0.3, 0.4) is 0 Å². The fourth-order valence-corrected chi connectivity index (χ4v) is 4.66. The van der Waals surface area contributed by atoms with Gasteiger partial charge in [-0.15, -0.1) is 0 Å². The number of nitrogens with two attached hydrogens (primary N) is 1. The third kappa shape index (κ3) is 7.60. The van der Waals surface area contributed by atoms with Crippen LogP contribution in [0.4, 0.5) is 39.8 Å². The predicted molar refractivity (Wildman–Crippen MR) is 163 cm³/mol. The van der Waals surface area contributed by atoms with Gasteiger partial charge >= 0.3 is 0 Å². The molecular weight excluding hydrogens is 486 g/mol. The number of hydrogen-bond donors (Lipinski definition) is 5. The smallest absolute Gasteiger partial charge is 0.243 e. The summed E-state index contributed by atoms with van der Waals surface area (Å²) in [6, 6.07) is 20.2. The average molecular weight is 529 g/mol. The number of aryl methyl sites for hydroxylation is 2. The zero-order chi connectivity index (χ0) is 27.8. The Balaban J connectivity index is 1.32. The highest BCUT2D eigenvalue weighted by Crippen LogP contribution is 2.36. The summed E-state index contributed by atoms with van der Waals surface area (Å²) in [6.45, 7) is 9.44. The second-order valence-electron chi connectivity index (χ2n) is 10.2. The number of nitrogens with one attached hydrogen (secondary N) is 3. The first-order valence-corrected chi connectivity index (χ1v) is 13.7. The normalized spacial score (nSPS) is 11.0. The predicted octanol–water partition coefficient (Wildman–Crippen LogP) is 6.21. The number of rotatable bonds is 13. The first-order chi connectivity index (χ1) is 18.8. The van der Waals surface area contributed by atoms with Crippen molar-refractivity contribution in [1.82, 2.24) is 4.57 Å². The second-order valence-corrected chi connectivity index (χ2v) is 10.2. The van der Waals surface area contributed by atoms with Crippen LogP contribution in [0.15, 0.2) is 79.4 Å². The van der Waals surface area contributed by atoms with Crippen LogP contribution >= 0.6 is 0 Å². The maximum absolute atomic E-state index is 10.5. The van der Waals surface area contributed by atoms with E-state index in [1.807, 2.05) is 49.5 Å². The Labute approximate surface area is 232 Å². The molecule has 0 atom stereocenters. The number of hydrogen-bond acceptors (Lipinski definition) is 6. The number of imidazole rings is 1. The van der Waals surface area contributed by atoms with Crippen LogP contribution in [0.25, 0.3) is 0 Å². The first-order valence-electron chi connectivity index (χ1n) is 13.7. The van der Waals surface area contributed by atoms with Gasteiger partial charge in [-0.05, 0) is 88.2 Å². The molecule has 6 N–H and O–H groups in total. The van der Waals surface area contributed by atoms with Crippen LogP contribution in [0.5, 0.6) is 5.75 Å². The highest BCUT2D eigenvalue weighted by Gasteiger charge is 2.11. The Hall–Kier alpha value is -4.33. The Kier molecular flexibility index (Phi) is 9.20. The van der Waals surface area contributed by atoms with E-state index >= 15 is 0 Å². The number of anilines is 7. The van der Waals surface area contributed by atoms with Crippen LogP contribution in [-0.4, -0.2) is 28.8 Å². The first kappa shape index (κ1) is 27.7. The van der Waals surface area contributed by atoms with Gasteiger partial charge in [0.1, 0.15) is 18.1 Å². The molecule has 0 saturated heterocycles. The largest absolute Gasteiger partial charge is 0.506 e. The van der Waals surface area contributed by atoms with E-state index in [1.54, 1.807) is 6.07 Å². The third-order valence-corrected chi connectivity index (χ3v) is 6.77. The van der Waals surface area contributed by atoms with Crippen molar-refractivity contribution < 1.29 is 9.67 Å². The number of aromatic hydroxyl groups is 1. The van der Waals surface area contributed by atoms with E-state index in [-0.39, 0.29) is 5.75 Å². The topological polar surface area (TPSA) is 94.4 Å². The SMILES string of the molecule is CCN(c1ccc(Nc2cc(Nc3ccc(NCCCCn4cc[n+](C)c4)cc3)c(O)cc2N)cc1)C(C)C. The van der Waals surface area contributed by atoms with Crippen molar-refractivity contribution in [2.45, 2.75) is 46.2 Å². The van der Waals surface area contributed by atoms with Crippen LogP contribution in [0, 0.1) is 0 Å². The molecule has 0 aliphatic heterocycles. The Morgan fingerprint density at radius 3 is 2.18 bits per heavy atom. The summed E-state index contributed by atoms with van der Waals surface area (Å²) in [4.78, 5) is 2.34. The van der Waals surface area contributed by atoms with Gasteiger partial charge in [-0.1, -0.05) is 0 Å². The molecule has 206 valence electrons. The summed E-state index contributed by atoms with van der Waals surface area (Å²) in [6.07, 6.45) is 8.47. The monoisotopic (exact) mass is 528 g/mol. The molecule has 4 aromatic rings. The molecule has 0 saturated carbocycles. The van der Waals surface area contributed by atoms with Crippen LogP contribution in [-0.2, 0) is 13.6 Å². The minimum Gasteiger partial charge on any atom is -0.506 e. The summed E-state index contributed by atoms with van der Waals surface area (Å²) in [5.74, 6) is 0.0995. The molecule has 4 rings (SSSR count). The lowest BCUT2D eigenvalue weighted by molar-refractivity contribution is -0.671. The molecule has 0 unspecified atom stereocenters. The maximum atomic E-state index is 10.5. The quantitative estimate of drug-likeness (QED) is 0.0465. The minimum atomic E-state index is 0.0995. The summed E-state index contributed by atoms with van der Waals surface area (Å²) in [5, 5.41) is 20.7. The molecule has 0 aliphatic rings. The molecule has 1 heterocycles. The van der Waals surface area contributed by atoms with Crippen molar-refractivity contribution in [2.75, 3.05) is 39.7 Å². The summed E-state index contributed by atoms with van der Waals surface area (Å²) in [7, 11) is 2.04. The number of unbranched alkanes of at least 4 members (excludes halogenated alkanes) is 1. The lowest BCUT2D eigenvalue weighted by Crippen LogP contribution is -2.30. The third-order valence-electron chi connectivity index (χ3n) is 6.77. The van der Waals surface area contributed by atoms with Gasteiger partial charge in [-0.3, -0.25) is 0 Å². The van der Waals surface area contributed by atoms with E-state index in [9.17, 15) is 5.11 Å². The second kappa shape index (κ2) is 13.0. The van der Waals surface area contributed by atoms with Gasteiger partial charge in [0.05, 0.1) is 30.7 Å². The molecule has 39 heavy (non-hydrogen) atoms. The lowest BCUT2D eigenvalue weighted by Gasteiger charge is -2.27. The van der Waals surface area contributed by atoms with E-state index in [2.05, 4.69) is 81.6 Å². The van der Waals surface area contributed by atoms with Crippen molar-refractivity contribution in [3.8, 4) is 5.75 Å². The summed E-state index contributed by atoms with van der Waals surface area (Å²) < 4.78 is 4.26. The van der Waals surface area contributed by atoms with Crippen LogP contribution in [0.2, 0.25) is 0 Å². The van der Waals surface area contributed by atoms with Gasteiger partial charge in [-0.25, -0.2) is 9.13 Å². The van der Waals surface area contributed by atoms with E-state index in [0.29, 0.717) is 17.4 Å². The highest BCUT2D eigenvalue weighted by molar-refractivity contribution is 5.82. The molecule has 0 aliphatic carbocycles. The number of aromatic nitrogens is 2. The zero-order valence-corrected chi connectivity index (χ0v) is 23.5. The van der Waals surface area contributed by atoms with Crippen molar-refractivity contribution in [3.05, 3.63) is 79.4 Å². The van der Waals surface area contributed by atoms with Gasteiger partial charge in [0.25, 0.3) is 0 Å². The van der Waals surface area contributed by atoms with Crippen LogP contribution < -0.4 is 31.2 Å². The highest BCUT2D eigenvalue weighted by atomic mass is 16.3. The lowest BCUT2D eigenvalue weighted by atomic mass is 10.2. The van der Waals surface area contributed by atoms with E-state index in [1.165, 1.54) is 5.69 Å². The Morgan fingerprint density at radius 2 is 1.56 bits per heavy atom. The summed E-state index contributed by atoms with van der Waals surface area (Å²) in [5.41, 5.74) is 12.1. The molecule has 0 fully saturated rings. The van der Waals surface area contributed by atoms with Gasteiger partial charge in [0, 0.05) is 47.9 Å². The number of phenols is 1. The number of nitrogens with zero attached hydrogens (tertiary/aromatic N) is 3. The van der Waals surface area contributed by atoms with E-state index in [0.717, 1.165) is 55.2 Å². The Bertz CT molecular complexity index is 1330. The van der Waals surface area contributed by atoms with Crippen molar-refractivity contribution in [2.24, 2.45) is 7.05 Å². The fourth-order valence-electron chi connectivity index (χ4n) is 4.66. The molecule has 3 aromatic carbocycles. The minimum absolute atomic E-state index is 0.0995. The molecule has 0 radical (unpaired) electrons. The van der Waals surface area contributed by atoms with Crippen molar-refractivity contribution in [3.63, 3.8) is 0 Å². The molecule has 1 aromatic heterocycles. The molecule has 8 heteroatoms. The number of phenolic OH excluding ortho intramolecular Hbond substituents is 1. The van der Waals surface area contributed by atoms with Gasteiger partial charge in [0.15, 0.2) is 0 Å². The van der Waals surface area contributed by atoms with E-state index in [4.69, 9.17) is 5.73 Å². The van der Waals surface area contributed by atoms with Crippen molar-refractivity contribution >= 4 is 39.8 Å². The summed E-state index contributed by atoms with van der Waals surface area (Å²) >= 11 is 0. The zero-order valence-electron chi connectivity index (χ0n) is 23.5. The Morgan fingerprint density at radius 1 is 0.923 bits per heavy atom. The average Bonchev–Trinajstić information content (AvgIpc) is 3.33. The molecule has 0 spiro atoms. The fraction of sp³-hybridized carbons (Fsp3) is 0.323. The molecule has 0 amide bonds. The molecular formula is C31H42N7O+. The number of benzene rings is 3. The van der Waals surface area contributed by atoms with Crippen LogP contribution in [0.1, 0.15) is 33.6 Å². The van der Waals surface area contributed by atoms with Gasteiger partial charge in [0.2, 0.25) is 6.33 Å². The standard InChI is InChI=1S/C31H41N7O/c1-5-38(23(2)3)27-14-12-26(13-15-27)34-29-21-30(31(39)20-28(29)32)35-25-10-8-24(9-11-25)33-16-6-7-17-37-19-18-36(4)22-37/h8-15,18-23,33-35H,5-7,16-17,32H2,1-4H3/p+1. The molecule has 0 bridgehead atoms. The van der Waals surface area contributed by atoms with Gasteiger partial charge in [-0.2, -0.15) is 0 Å². The molecule has 8 nitrogen and oxygen atoms in total. The van der Waals surface area contributed by atoms with Crippen molar-refractivity contribution in [1.29, 1.82) is 0 Å². The van der Waals surface area contributed by atoms with E-state index < -0.39 is 0 Å². The number of nitrogen functional groups attached to an aromatic ring is 1.